The van der Waals surface area contributed by atoms with Crippen LogP contribution in [0, 0.1) is 10.1 Å². The zero-order chi connectivity index (χ0) is 13.0. The molecule has 2 aromatic heterocycles. The fourth-order valence-corrected chi connectivity index (χ4v) is 1.84. The van der Waals surface area contributed by atoms with Crippen LogP contribution in [0.4, 0.5) is 10.8 Å². The maximum atomic E-state index is 10.5. The minimum atomic E-state index is -0.444. The Morgan fingerprint density at radius 2 is 2.22 bits per heavy atom. The molecule has 0 fully saturated rings. The summed E-state index contributed by atoms with van der Waals surface area (Å²) in [5.41, 5.74) is 2.63. The molecule has 2 heterocycles. The van der Waals surface area contributed by atoms with Crippen LogP contribution in [0.3, 0.4) is 0 Å². The molecule has 0 aliphatic heterocycles. The summed E-state index contributed by atoms with van der Waals surface area (Å²) in [5, 5.41) is 22.1. The van der Waals surface area contributed by atoms with Crippen molar-refractivity contribution in [2.45, 2.75) is 0 Å². The molecule has 0 aromatic carbocycles. The summed E-state index contributed by atoms with van der Waals surface area (Å²) < 4.78 is 0. The molecule has 7 nitrogen and oxygen atoms in total. The topological polar surface area (TPSA) is 93.3 Å². The van der Waals surface area contributed by atoms with Gasteiger partial charge in [0, 0.05) is 6.07 Å². The van der Waals surface area contributed by atoms with Gasteiger partial charge >= 0.3 is 5.00 Å². The van der Waals surface area contributed by atoms with Crippen molar-refractivity contribution in [2.24, 2.45) is 5.10 Å². The Hall–Kier alpha value is -2.06. The van der Waals surface area contributed by atoms with Crippen molar-refractivity contribution in [1.82, 2.24) is 10.2 Å². The van der Waals surface area contributed by atoms with E-state index >= 15 is 0 Å². The van der Waals surface area contributed by atoms with Crippen LogP contribution in [0.2, 0.25) is 5.15 Å². The number of hydrazone groups is 1. The van der Waals surface area contributed by atoms with E-state index in [4.69, 9.17) is 11.6 Å². The Morgan fingerprint density at radius 1 is 1.39 bits per heavy atom. The predicted octanol–water partition coefficient (Wildman–Crippen LogP) is 2.55. The molecule has 0 saturated carbocycles. The molecule has 18 heavy (non-hydrogen) atoms. The van der Waals surface area contributed by atoms with Crippen molar-refractivity contribution in [3.05, 3.63) is 44.4 Å². The van der Waals surface area contributed by atoms with Gasteiger partial charge in [0.05, 0.1) is 16.0 Å². The monoisotopic (exact) mass is 283 g/mol. The highest BCUT2D eigenvalue weighted by molar-refractivity contribution is 7.16. The van der Waals surface area contributed by atoms with E-state index in [9.17, 15) is 10.1 Å². The molecule has 0 atom stereocenters. The number of aromatic nitrogens is 2. The molecule has 0 saturated heterocycles. The number of thiophene rings is 1. The predicted molar refractivity (Wildman–Crippen MR) is 69.2 cm³/mol. The van der Waals surface area contributed by atoms with Crippen LogP contribution in [-0.2, 0) is 0 Å². The minimum absolute atomic E-state index is 0.0720. The SMILES string of the molecule is O=[N+]([O-])c1ccc(/C=N/Nc2ccc(Cl)nn2)s1. The molecule has 9 heteroatoms. The second-order valence-corrected chi connectivity index (χ2v) is 4.53. The highest BCUT2D eigenvalue weighted by atomic mass is 35.5. The normalized spacial score (nSPS) is 10.7. The first-order valence-corrected chi connectivity index (χ1v) is 5.87. The third kappa shape index (κ3) is 3.22. The number of nitro groups is 1. The van der Waals surface area contributed by atoms with E-state index in [-0.39, 0.29) is 5.00 Å². The summed E-state index contributed by atoms with van der Waals surface area (Å²) in [5.74, 6) is 0.432. The molecule has 92 valence electrons. The molecular weight excluding hydrogens is 278 g/mol. The van der Waals surface area contributed by atoms with E-state index in [1.807, 2.05) is 0 Å². The van der Waals surface area contributed by atoms with Gasteiger partial charge < -0.3 is 0 Å². The van der Waals surface area contributed by atoms with Gasteiger partial charge in [-0.15, -0.1) is 10.2 Å². The van der Waals surface area contributed by atoms with Crippen LogP contribution >= 0.6 is 22.9 Å². The van der Waals surface area contributed by atoms with Gasteiger partial charge in [0.2, 0.25) is 0 Å². The molecule has 0 aliphatic rings. The average Bonchev–Trinajstić information content (AvgIpc) is 2.81. The Bertz CT molecular complexity index is 583. The summed E-state index contributed by atoms with van der Waals surface area (Å²) in [6.07, 6.45) is 1.47. The third-order valence-electron chi connectivity index (χ3n) is 1.80. The Balaban J connectivity index is 1.98. The maximum Gasteiger partial charge on any atom is 0.324 e. The van der Waals surface area contributed by atoms with E-state index in [1.54, 1.807) is 18.2 Å². The van der Waals surface area contributed by atoms with Crippen LogP contribution in [0.15, 0.2) is 29.4 Å². The molecule has 1 N–H and O–H groups in total. The van der Waals surface area contributed by atoms with Crippen molar-refractivity contribution in [2.75, 3.05) is 5.43 Å². The Morgan fingerprint density at radius 3 is 2.83 bits per heavy atom. The summed E-state index contributed by atoms with van der Waals surface area (Å²) in [6.45, 7) is 0. The summed E-state index contributed by atoms with van der Waals surface area (Å²) in [4.78, 5) is 10.7. The molecule has 0 bridgehead atoms. The first kappa shape index (κ1) is 12.4. The molecule has 0 unspecified atom stereocenters. The second kappa shape index (κ2) is 5.52. The van der Waals surface area contributed by atoms with Crippen LogP contribution < -0.4 is 5.43 Å². The lowest BCUT2D eigenvalue weighted by molar-refractivity contribution is -0.380. The van der Waals surface area contributed by atoms with E-state index in [1.165, 1.54) is 12.3 Å². The van der Waals surface area contributed by atoms with Crippen molar-refractivity contribution >= 4 is 40.0 Å². The van der Waals surface area contributed by atoms with Gasteiger partial charge in [0.25, 0.3) is 0 Å². The highest BCUT2D eigenvalue weighted by Gasteiger charge is 2.07. The van der Waals surface area contributed by atoms with Gasteiger partial charge in [0.15, 0.2) is 11.0 Å². The van der Waals surface area contributed by atoms with Crippen molar-refractivity contribution in [3.63, 3.8) is 0 Å². The van der Waals surface area contributed by atoms with Gasteiger partial charge in [0.1, 0.15) is 0 Å². The smallest absolute Gasteiger partial charge is 0.260 e. The highest BCUT2D eigenvalue weighted by Crippen LogP contribution is 2.22. The van der Waals surface area contributed by atoms with Crippen LogP contribution in [-0.4, -0.2) is 21.3 Å². The maximum absolute atomic E-state index is 10.5. The van der Waals surface area contributed by atoms with Gasteiger partial charge in [-0.25, -0.2) is 0 Å². The van der Waals surface area contributed by atoms with Gasteiger partial charge in [-0.3, -0.25) is 15.5 Å². The van der Waals surface area contributed by atoms with Gasteiger partial charge in [-0.1, -0.05) is 22.9 Å². The zero-order valence-electron chi connectivity index (χ0n) is 8.78. The molecule has 2 aromatic rings. The number of hydrogen-bond donors (Lipinski definition) is 1. The van der Waals surface area contributed by atoms with E-state index in [2.05, 4.69) is 20.7 Å². The lowest BCUT2D eigenvalue weighted by atomic mass is 10.5. The number of hydrogen-bond acceptors (Lipinski definition) is 7. The summed E-state index contributed by atoms with van der Waals surface area (Å²) >= 11 is 6.61. The average molecular weight is 284 g/mol. The third-order valence-corrected chi connectivity index (χ3v) is 2.97. The second-order valence-electron chi connectivity index (χ2n) is 3.04. The van der Waals surface area contributed by atoms with Crippen molar-refractivity contribution < 1.29 is 4.92 Å². The standard InChI is InChI=1S/C9H6ClN5O2S/c10-7-2-3-8(14-12-7)13-11-5-6-1-4-9(18-6)15(16)17/h1-5H,(H,13,14)/b11-5+. The quantitative estimate of drug-likeness (QED) is 0.529. The van der Waals surface area contributed by atoms with E-state index in [0.29, 0.717) is 15.8 Å². The zero-order valence-corrected chi connectivity index (χ0v) is 10.4. The first-order chi connectivity index (χ1) is 8.65. The van der Waals surface area contributed by atoms with E-state index < -0.39 is 4.92 Å². The Kier molecular flexibility index (Phi) is 3.80. The number of anilines is 1. The lowest BCUT2D eigenvalue weighted by Crippen LogP contribution is -1.94. The summed E-state index contributed by atoms with van der Waals surface area (Å²) in [6, 6.07) is 6.22. The fourth-order valence-electron chi connectivity index (χ4n) is 1.05. The molecular formula is C9H6ClN5O2S. The first-order valence-electron chi connectivity index (χ1n) is 4.68. The van der Waals surface area contributed by atoms with Crippen molar-refractivity contribution in [1.29, 1.82) is 0 Å². The van der Waals surface area contributed by atoms with Crippen LogP contribution in [0.25, 0.3) is 0 Å². The van der Waals surface area contributed by atoms with Crippen molar-refractivity contribution in [3.8, 4) is 0 Å². The number of rotatable bonds is 4. The molecule has 2 rings (SSSR count). The fraction of sp³-hybridized carbons (Fsp3) is 0. The van der Waals surface area contributed by atoms with E-state index in [0.717, 1.165) is 11.3 Å². The molecule has 0 aliphatic carbocycles. The molecule has 0 spiro atoms. The number of halogens is 1. The van der Waals surface area contributed by atoms with Crippen LogP contribution in [0.1, 0.15) is 4.88 Å². The Labute approximate surface area is 110 Å². The molecule has 0 amide bonds. The number of nitrogens with zero attached hydrogens (tertiary/aromatic N) is 4. The lowest BCUT2D eigenvalue weighted by Gasteiger charge is -1.96. The molecule has 0 radical (unpaired) electrons. The minimum Gasteiger partial charge on any atom is -0.260 e. The van der Waals surface area contributed by atoms with Gasteiger partial charge in [-0.05, 0) is 18.2 Å². The number of nitrogens with one attached hydrogen (secondary N) is 1. The summed E-state index contributed by atoms with van der Waals surface area (Å²) in [7, 11) is 0. The largest absolute Gasteiger partial charge is 0.324 e. The van der Waals surface area contributed by atoms with Gasteiger partial charge in [-0.2, -0.15) is 5.10 Å². The van der Waals surface area contributed by atoms with Crippen LogP contribution in [0.5, 0.6) is 0 Å².